The van der Waals surface area contributed by atoms with Crippen LogP contribution in [0.4, 0.5) is 0 Å². The van der Waals surface area contributed by atoms with Crippen molar-refractivity contribution in [2.75, 3.05) is 66.1 Å². The number of aliphatic hydroxyl groups excluding tert-OH is 27. The number of nitrogens with two attached hydrogens (primary N) is 1. The van der Waals surface area contributed by atoms with Gasteiger partial charge in [-0.05, 0) is 6.92 Å². The first kappa shape index (κ1) is 96.8. The molecule has 10 aliphatic rings. The number of rotatable bonds is 31. The number of ether oxygens (including phenoxy) is 19. The summed E-state index contributed by atoms with van der Waals surface area (Å²) in [4.78, 5) is 12.8. The number of hydrogen-bond acceptors (Lipinski definition) is 48. The van der Waals surface area contributed by atoms with Crippen molar-refractivity contribution in [3.63, 3.8) is 0 Å². The topological polar surface area (TPSA) is 785 Å². The molecule has 10 aliphatic heterocycles. The van der Waals surface area contributed by atoms with Crippen LogP contribution in [0.15, 0.2) is 0 Å². The Morgan fingerprint density at radius 1 is 0.350 bits per heavy atom. The first-order chi connectivity index (χ1) is 55.3. The molecule has 10 rings (SSSR count). The quantitative estimate of drug-likeness (QED) is 0.0306. The lowest BCUT2D eigenvalue weighted by Gasteiger charge is -2.51. The second-order valence-corrected chi connectivity index (χ2v) is 31.4. The Labute approximate surface area is 666 Å². The number of aliphatic carboxylic acids is 1. The van der Waals surface area contributed by atoms with Gasteiger partial charge in [-0.2, -0.15) is 0 Å². The van der Waals surface area contributed by atoms with Gasteiger partial charge in [-0.25, -0.2) is 4.79 Å². The van der Waals surface area contributed by atoms with Gasteiger partial charge < -0.3 is 239 Å². The van der Waals surface area contributed by atoms with Crippen LogP contribution in [0.3, 0.4) is 0 Å². The van der Waals surface area contributed by atoms with Gasteiger partial charge in [-0.15, -0.1) is 0 Å². The summed E-state index contributed by atoms with van der Waals surface area (Å²) in [5.41, 5.74) is 5.96. The van der Waals surface area contributed by atoms with E-state index in [0.717, 1.165) is 0 Å². The summed E-state index contributed by atoms with van der Waals surface area (Å²) < 4.78 is 114. The van der Waals surface area contributed by atoms with Crippen LogP contribution in [0.5, 0.6) is 0 Å². The average molecular weight is 1720 g/mol. The molecule has 0 bridgehead atoms. The highest BCUT2D eigenvalue weighted by molar-refractivity contribution is 5.76. The zero-order valence-corrected chi connectivity index (χ0v) is 63.9. The van der Waals surface area contributed by atoms with Crippen LogP contribution >= 0.6 is 0 Å². The van der Waals surface area contributed by atoms with Crippen LogP contribution in [-0.4, -0.2) is 503 Å². The summed E-state index contributed by atoms with van der Waals surface area (Å²) in [5, 5.41) is 309. The predicted octanol–water partition coefficient (Wildman–Crippen LogP) is -17.5. The maximum atomic E-state index is 12.8. The Bertz CT molecular complexity index is 3020. The molecule has 0 radical (unpaired) electrons. The van der Waals surface area contributed by atoms with Crippen LogP contribution in [0.1, 0.15) is 41.0 Å². The van der Waals surface area contributed by atoms with E-state index in [2.05, 4.69) is 0 Å². The van der Waals surface area contributed by atoms with Crippen molar-refractivity contribution in [2.24, 2.45) is 29.4 Å². The molecule has 49 heteroatoms. The number of carboxylic acids is 1. The molecule has 0 amide bonds. The van der Waals surface area contributed by atoms with E-state index in [0.29, 0.717) is 0 Å². The van der Waals surface area contributed by atoms with Crippen LogP contribution in [0.25, 0.3) is 0 Å². The highest BCUT2D eigenvalue weighted by Gasteiger charge is 2.62. The van der Waals surface area contributed by atoms with Crippen molar-refractivity contribution in [1.29, 1.82) is 0 Å². The van der Waals surface area contributed by atoms with E-state index in [4.69, 9.17) is 95.7 Å². The fraction of sp³-hybridized carbons (Fsp3) is 0.985. The highest BCUT2D eigenvalue weighted by Crippen LogP contribution is 2.43. The Morgan fingerprint density at radius 2 is 0.675 bits per heavy atom. The fourth-order valence-corrected chi connectivity index (χ4v) is 15.9. The van der Waals surface area contributed by atoms with Gasteiger partial charge in [-0.1, -0.05) is 27.7 Å². The molecule has 0 aromatic rings. The zero-order valence-electron chi connectivity index (χ0n) is 63.9. The minimum atomic E-state index is -2.95. The summed E-state index contributed by atoms with van der Waals surface area (Å²) in [6.07, 6.45) is -85.7. The van der Waals surface area contributed by atoms with Gasteiger partial charge in [0.05, 0.1) is 109 Å². The minimum absolute atomic E-state index is 0.554. The highest BCUT2D eigenvalue weighted by atomic mass is 16.8. The van der Waals surface area contributed by atoms with Crippen molar-refractivity contribution in [3.05, 3.63) is 0 Å². The van der Waals surface area contributed by atoms with Crippen molar-refractivity contribution in [1.82, 2.24) is 0 Å². The zero-order chi connectivity index (χ0) is 86.2. The SMILES string of the molecule is CC1C(O)[C@H](O[C@@H]2OC(CO)[C@H](O)C(O)[C@@H]2O)[C@H](CO)O[C@H]1O[C@@H]1C(O)[C@H](O)C(CO)O[C@@H]1OCC1O[C@@H](O[C@@H]2C(CO)O[C@@H](O[C@@H]3C(CO)O[C@@H](C)[C@@H](C)C3O)[C@@H](C)C2O)[C@H](O)C(O[C@H]2O[C@H](CO)[C@@H](O)C(O)C2O[C@@H]2OC(CO)[C@@H](OC3OC(CO[C@]4(C(=O)O)C[C@@H](O)[C@@H](N)C([C@H](O)C(O)CO)O4)[C@H](O)[C@H](O)C3O)C(O)[C@@H]2C)[C@@H]1O. The van der Waals surface area contributed by atoms with Crippen LogP contribution < -0.4 is 5.73 Å². The monoisotopic (exact) mass is 1720 g/mol. The third kappa shape index (κ3) is 20.2. The smallest absolute Gasteiger partial charge is 0.364 e. The van der Waals surface area contributed by atoms with Gasteiger partial charge in [0, 0.05) is 30.1 Å². The largest absolute Gasteiger partial charge is 0.477 e. The molecule has 0 aliphatic carbocycles. The van der Waals surface area contributed by atoms with Gasteiger partial charge in [0.25, 0.3) is 5.79 Å². The number of carbonyl (C=O) groups is 1. The van der Waals surface area contributed by atoms with Crippen LogP contribution in [0, 0.1) is 23.7 Å². The molecule has 0 spiro atoms. The van der Waals surface area contributed by atoms with Gasteiger partial charge in [0.2, 0.25) is 0 Å². The molecule has 10 fully saturated rings. The van der Waals surface area contributed by atoms with Crippen molar-refractivity contribution >= 4 is 5.97 Å². The maximum absolute atomic E-state index is 12.8. The molecule has 30 N–H and O–H groups in total. The maximum Gasteiger partial charge on any atom is 0.364 e. The molecule has 10 saturated heterocycles. The second kappa shape index (κ2) is 41.4. The summed E-state index contributed by atoms with van der Waals surface area (Å²) in [6.45, 7) is -2.69. The van der Waals surface area contributed by atoms with Crippen LogP contribution in [-0.2, 0) is 94.8 Å². The molecule has 682 valence electrons. The standard InChI is InChI=1S/C68H117NO48/c1-17-21(5)101-27(11-74)51(34(17)80)110-59-18(2)35(81)54(30(14-77)105-59)113-64-50(96)56(43(89)31(108-64)15-99-65-57(46(92)40(86)25(9-72)103-65)115-60-19(3)36(82)52(28(12-75)106-60)111-62-48(94)44(90)39(85)24(8-71)102-62)114-66-58(47(93)41(87)26(10-73)104-66)116-61-20(4)37(83)53(29(13-76)107-61)112-63-49(95)45(91)42(88)32(109-63)16-100-68(67(97)98)6-22(78)33(69)55(117-68)38(84)23(79)7-70/h17-66,70-96H,6-16,69H2,1-5H3,(H,97,98)/t17-,18+,19?,20+,21+,22-,23?,24?,25?,26-,27?,28+,29?,30?,31?,32?,33-,34?,35?,36?,37?,38-,39+,40-,41-,42+,43-,44?,45+,46?,47?,48+,49?,50-,51-,52-,53-,54-,55?,56?,57-,58?,59+,60+,61+,62+,63?,64+,65+,66-,68-/m1/s1. The first-order valence-corrected chi connectivity index (χ1v) is 38.5. The van der Waals surface area contributed by atoms with Crippen molar-refractivity contribution in [2.45, 2.75) is 329 Å². The lowest BCUT2D eigenvalue weighted by atomic mass is 9.88. The normalized spacial score (nSPS) is 52.1. The number of carboxylic acid groups (broad SMARTS) is 1. The van der Waals surface area contributed by atoms with Crippen molar-refractivity contribution in [3.8, 4) is 0 Å². The Kier molecular flexibility index (Phi) is 34.2. The van der Waals surface area contributed by atoms with E-state index in [1.54, 1.807) is 13.8 Å². The fourth-order valence-electron chi connectivity index (χ4n) is 15.9. The van der Waals surface area contributed by atoms with Crippen molar-refractivity contribution < 1.29 is 238 Å². The van der Waals surface area contributed by atoms with Gasteiger partial charge in [-0.3, -0.25) is 0 Å². The molecule has 49 nitrogen and oxygen atoms in total. The van der Waals surface area contributed by atoms with E-state index < -0.39 is 390 Å². The summed E-state index contributed by atoms with van der Waals surface area (Å²) in [7, 11) is 0. The van der Waals surface area contributed by atoms with E-state index in [1.165, 1.54) is 20.8 Å². The molecule has 0 aromatic carbocycles. The lowest BCUT2D eigenvalue weighted by molar-refractivity contribution is -0.402. The summed E-state index contributed by atoms with van der Waals surface area (Å²) in [6, 6.07) is -1.57. The number of hydrogen-bond donors (Lipinski definition) is 29. The minimum Gasteiger partial charge on any atom is -0.477 e. The third-order valence-corrected chi connectivity index (χ3v) is 23.7. The van der Waals surface area contributed by atoms with Crippen LogP contribution in [0.2, 0.25) is 0 Å². The molecule has 0 saturated carbocycles. The van der Waals surface area contributed by atoms with Gasteiger partial charge >= 0.3 is 5.97 Å². The van der Waals surface area contributed by atoms with E-state index in [1.807, 2.05) is 0 Å². The molecule has 0 aromatic heterocycles. The third-order valence-electron chi connectivity index (χ3n) is 23.7. The number of aliphatic hydroxyl groups is 27. The Morgan fingerprint density at radius 3 is 1.09 bits per heavy atom. The Hall–Kier alpha value is -2.41. The summed E-state index contributed by atoms with van der Waals surface area (Å²) in [5.74, 6) is -9.45. The van der Waals surface area contributed by atoms with E-state index >= 15 is 0 Å². The predicted molar refractivity (Wildman–Crippen MR) is 365 cm³/mol. The molecule has 117 heavy (non-hydrogen) atoms. The lowest BCUT2D eigenvalue weighted by Crippen LogP contribution is -2.68. The van der Waals surface area contributed by atoms with E-state index in [9.17, 15) is 148 Å². The second-order valence-electron chi connectivity index (χ2n) is 31.4. The van der Waals surface area contributed by atoms with Gasteiger partial charge in [0.1, 0.15) is 189 Å². The summed E-state index contributed by atoms with van der Waals surface area (Å²) >= 11 is 0. The molecule has 10 heterocycles. The molecular formula is C68H117NO48. The Balaban J connectivity index is 0.898. The van der Waals surface area contributed by atoms with Gasteiger partial charge in [0.15, 0.2) is 50.3 Å². The van der Waals surface area contributed by atoms with E-state index in [-0.39, 0.29) is 0 Å². The molecular weight excluding hydrogens is 1600 g/mol. The first-order valence-electron chi connectivity index (χ1n) is 38.5. The molecule has 51 atom stereocenters. The average Bonchev–Trinajstić information content (AvgIpc) is 0.771. The molecule has 21 unspecified atom stereocenters.